The predicted octanol–water partition coefficient (Wildman–Crippen LogP) is 2.51. The standard InChI is InChI=1S/C11H14BrClN2O2S.ClH/c12-9-2-3-11(10(13)8-9)18(16,17)15-6-1-4-14-5-7-15;/h2-3,8,14H,1,4-7H2;1H. The van der Waals surface area contributed by atoms with Crippen LogP contribution in [0, 0.1) is 0 Å². The summed E-state index contributed by atoms with van der Waals surface area (Å²) in [6.45, 7) is 2.53. The molecule has 0 amide bonds. The molecule has 0 radical (unpaired) electrons. The van der Waals surface area contributed by atoms with Crippen LogP contribution in [0.5, 0.6) is 0 Å². The SMILES string of the molecule is Cl.O=S(=O)(c1ccc(Br)cc1Cl)N1CCCNCC1. The molecule has 1 aliphatic rings. The second kappa shape index (κ2) is 7.24. The third-order valence-electron chi connectivity index (χ3n) is 2.81. The molecule has 4 nitrogen and oxygen atoms in total. The summed E-state index contributed by atoms with van der Waals surface area (Å²) >= 11 is 9.29. The molecule has 0 spiro atoms. The number of hydrogen-bond donors (Lipinski definition) is 1. The van der Waals surface area contributed by atoms with Gasteiger partial charge in [0.15, 0.2) is 0 Å². The number of nitrogens with one attached hydrogen (secondary N) is 1. The smallest absolute Gasteiger partial charge is 0.244 e. The van der Waals surface area contributed by atoms with Crippen molar-refractivity contribution >= 4 is 50.0 Å². The van der Waals surface area contributed by atoms with E-state index in [0.717, 1.165) is 17.4 Å². The van der Waals surface area contributed by atoms with E-state index in [1.165, 1.54) is 4.31 Å². The van der Waals surface area contributed by atoms with E-state index in [0.29, 0.717) is 19.6 Å². The molecule has 0 atom stereocenters. The number of hydrogen-bond acceptors (Lipinski definition) is 3. The van der Waals surface area contributed by atoms with Crippen molar-refractivity contribution in [3.63, 3.8) is 0 Å². The summed E-state index contributed by atoms with van der Waals surface area (Å²) in [5.74, 6) is 0. The maximum atomic E-state index is 12.5. The lowest BCUT2D eigenvalue weighted by Gasteiger charge is -2.20. The topological polar surface area (TPSA) is 49.4 Å². The molecule has 2 rings (SSSR count). The highest BCUT2D eigenvalue weighted by atomic mass is 79.9. The zero-order valence-corrected chi connectivity index (χ0v) is 14.1. The molecular formula is C11H15BrCl2N2O2S. The molecule has 108 valence electrons. The molecule has 1 saturated heterocycles. The summed E-state index contributed by atoms with van der Waals surface area (Å²) in [4.78, 5) is 0.175. The maximum absolute atomic E-state index is 12.5. The summed E-state index contributed by atoms with van der Waals surface area (Å²) < 4.78 is 27.2. The van der Waals surface area contributed by atoms with Crippen LogP contribution >= 0.6 is 39.9 Å². The van der Waals surface area contributed by atoms with Crippen LogP contribution in [0.15, 0.2) is 27.6 Å². The van der Waals surface area contributed by atoms with Gasteiger partial charge in [-0.25, -0.2) is 8.42 Å². The molecule has 1 aromatic rings. The van der Waals surface area contributed by atoms with E-state index in [9.17, 15) is 8.42 Å². The van der Waals surface area contributed by atoms with Crippen molar-refractivity contribution in [2.45, 2.75) is 11.3 Å². The number of halogens is 3. The zero-order chi connectivity index (χ0) is 13.2. The monoisotopic (exact) mass is 388 g/mol. The van der Waals surface area contributed by atoms with Crippen LogP contribution in [0.25, 0.3) is 0 Å². The fourth-order valence-corrected chi connectivity index (χ4v) is 4.38. The van der Waals surface area contributed by atoms with Crippen molar-refractivity contribution < 1.29 is 8.42 Å². The second-order valence-corrected chi connectivity index (χ2v) is 7.31. The minimum absolute atomic E-state index is 0. The summed E-state index contributed by atoms with van der Waals surface area (Å²) in [7, 11) is -3.49. The molecule has 0 aromatic heterocycles. The Morgan fingerprint density at radius 1 is 1.26 bits per heavy atom. The Labute approximate surface area is 133 Å². The largest absolute Gasteiger partial charge is 0.315 e. The van der Waals surface area contributed by atoms with Crippen LogP contribution in [-0.4, -0.2) is 38.9 Å². The number of sulfonamides is 1. The molecule has 0 bridgehead atoms. The van der Waals surface area contributed by atoms with Crippen LogP contribution in [0.1, 0.15) is 6.42 Å². The molecule has 0 saturated carbocycles. The lowest BCUT2D eigenvalue weighted by Crippen LogP contribution is -2.34. The summed E-state index contributed by atoms with van der Waals surface area (Å²) in [6.07, 6.45) is 0.813. The van der Waals surface area contributed by atoms with Crippen LogP contribution in [0.4, 0.5) is 0 Å². The van der Waals surface area contributed by atoms with Gasteiger partial charge in [0.25, 0.3) is 0 Å². The molecule has 0 aliphatic carbocycles. The number of nitrogens with zero attached hydrogens (tertiary/aromatic N) is 1. The van der Waals surface area contributed by atoms with E-state index in [1.54, 1.807) is 18.2 Å². The van der Waals surface area contributed by atoms with Crippen molar-refractivity contribution in [2.24, 2.45) is 0 Å². The molecule has 1 N–H and O–H groups in total. The van der Waals surface area contributed by atoms with Gasteiger partial charge in [-0.2, -0.15) is 4.31 Å². The Hall–Kier alpha value is 0.150. The lowest BCUT2D eigenvalue weighted by atomic mass is 10.4. The highest BCUT2D eigenvalue weighted by Gasteiger charge is 2.27. The number of rotatable bonds is 2. The van der Waals surface area contributed by atoms with Gasteiger partial charge in [-0.15, -0.1) is 12.4 Å². The highest BCUT2D eigenvalue weighted by molar-refractivity contribution is 9.10. The summed E-state index contributed by atoms with van der Waals surface area (Å²) in [6, 6.07) is 4.83. The summed E-state index contributed by atoms with van der Waals surface area (Å²) in [5, 5.41) is 3.43. The van der Waals surface area contributed by atoms with Crippen molar-refractivity contribution in [3.05, 3.63) is 27.7 Å². The first-order chi connectivity index (χ1) is 8.51. The average molecular weight is 390 g/mol. The minimum atomic E-state index is -3.49. The molecule has 1 heterocycles. The van der Waals surface area contributed by atoms with Gasteiger partial charge >= 0.3 is 0 Å². The van der Waals surface area contributed by atoms with E-state index in [1.807, 2.05) is 0 Å². The van der Waals surface area contributed by atoms with Crippen molar-refractivity contribution in [1.29, 1.82) is 0 Å². The molecule has 1 aliphatic heterocycles. The van der Waals surface area contributed by atoms with Crippen LogP contribution in [-0.2, 0) is 10.0 Å². The van der Waals surface area contributed by atoms with E-state index in [4.69, 9.17) is 11.6 Å². The Balaban J connectivity index is 0.00000180. The third-order valence-corrected chi connectivity index (χ3v) is 5.69. The van der Waals surface area contributed by atoms with Gasteiger partial charge in [-0.3, -0.25) is 0 Å². The minimum Gasteiger partial charge on any atom is -0.315 e. The first-order valence-corrected chi connectivity index (χ1v) is 8.29. The van der Waals surface area contributed by atoms with Crippen molar-refractivity contribution in [3.8, 4) is 0 Å². The van der Waals surface area contributed by atoms with E-state index >= 15 is 0 Å². The molecule has 8 heteroatoms. The van der Waals surface area contributed by atoms with Gasteiger partial charge in [0.05, 0.1) is 5.02 Å². The highest BCUT2D eigenvalue weighted by Crippen LogP contribution is 2.27. The van der Waals surface area contributed by atoms with Gasteiger partial charge in [-0.1, -0.05) is 27.5 Å². The first kappa shape index (κ1) is 17.2. The number of benzene rings is 1. The van der Waals surface area contributed by atoms with Gasteiger partial charge in [0.2, 0.25) is 10.0 Å². The molecular weight excluding hydrogens is 375 g/mol. The Morgan fingerprint density at radius 3 is 2.68 bits per heavy atom. The van der Waals surface area contributed by atoms with Crippen molar-refractivity contribution in [2.75, 3.05) is 26.2 Å². The molecule has 0 unspecified atom stereocenters. The fourth-order valence-electron chi connectivity index (χ4n) is 1.88. The Kier molecular flexibility index (Phi) is 6.56. The Morgan fingerprint density at radius 2 is 2.00 bits per heavy atom. The fraction of sp³-hybridized carbons (Fsp3) is 0.455. The predicted molar refractivity (Wildman–Crippen MR) is 82.6 cm³/mol. The molecule has 19 heavy (non-hydrogen) atoms. The van der Waals surface area contributed by atoms with Gasteiger partial charge in [0, 0.05) is 24.1 Å². The average Bonchev–Trinajstić information content (AvgIpc) is 2.57. The Bertz CT molecular complexity index is 531. The van der Waals surface area contributed by atoms with Crippen LogP contribution < -0.4 is 5.32 Å². The second-order valence-electron chi connectivity index (χ2n) is 4.08. The lowest BCUT2D eigenvalue weighted by molar-refractivity contribution is 0.432. The summed E-state index contributed by atoms with van der Waals surface area (Å²) in [5.41, 5.74) is 0. The van der Waals surface area contributed by atoms with Gasteiger partial charge in [0.1, 0.15) is 4.90 Å². The van der Waals surface area contributed by atoms with Crippen LogP contribution in [0.2, 0.25) is 5.02 Å². The molecule has 1 fully saturated rings. The third kappa shape index (κ3) is 4.06. The quantitative estimate of drug-likeness (QED) is 0.845. The van der Waals surface area contributed by atoms with E-state index < -0.39 is 10.0 Å². The van der Waals surface area contributed by atoms with Gasteiger partial charge < -0.3 is 5.32 Å². The van der Waals surface area contributed by atoms with E-state index in [2.05, 4.69) is 21.2 Å². The van der Waals surface area contributed by atoms with Gasteiger partial charge in [-0.05, 0) is 31.2 Å². The maximum Gasteiger partial charge on any atom is 0.244 e. The van der Waals surface area contributed by atoms with Crippen molar-refractivity contribution in [1.82, 2.24) is 9.62 Å². The van der Waals surface area contributed by atoms with E-state index in [-0.39, 0.29) is 22.3 Å². The molecule has 1 aromatic carbocycles. The first-order valence-electron chi connectivity index (χ1n) is 5.68. The normalized spacial score (nSPS) is 17.6. The van der Waals surface area contributed by atoms with Crippen LogP contribution in [0.3, 0.4) is 0 Å². The zero-order valence-electron chi connectivity index (χ0n) is 10.1.